The molecule has 1 aromatic rings. The van der Waals surface area contributed by atoms with Gasteiger partial charge in [0.1, 0.15) is 0 Å². The predicted octanol–water partition coefficient (Wildman–Crippen LogP) is 2.99. The lowest BCUT2D eigenvalue weighted by Gasteiger charge is -2.26. The Hall–Kier alpha value is -1.35. The molecule has 1 N–H and O–H groups in total. The molecule has 1 unspecified atom stereocenters. The maximum absolute atomic E-state index is 12.8. The van der Waals surface area contributed by atoms with Crippen LogP contribution in [0.1, 0.15) is 52.7 Å². The van der Waals surface area contributed by atoms with Gasteiger partial charge in [-0.05, 0) is 57.6 Å². The SMILES string of the molecule is Cc1cc(C)c(C(=O)N2CCCC2CCCO)c(C)c1. The fourth-order valence-electron chi connectivity index (χ4n) is 3.39. The van der Waals surface area contributed by atoms with Crippen LogP contribution in [0, 0.1) is 20.8 Å². The van der Waals surface area contributed by atoms with Crippen molar-refractivity contribution in [2.24, 2.45) is 0 Å². The summed E-state index contributed by atoms with van der Waals surface area (Å²) in [6.07, 6.45) is 3.83. The monoisotopic (exact) mass is 275 g/mol. The minimum atomic E-state index is 0.167. The molecule has 1 heterocycles. The van der Waals surface area contributed by atoms with Gasteiger partial charge in [-0.3, -0.25) is 4.79 Å². The summed E-state index contributed by atoms with van der Waals surface area (Å²) in [5, 5.41) is 8.98. The van der Waals surface area contributed by atoms with Crippen LogP contribution < -0.4 is 0 Å². The van der Waals surface area contributed by atoms with Gasteiger partial charge in [0.25, 0.3) is 5.91 Å². The first-order chi connectivity index (χ1) is 9.54. The summed E-state index contributed by atoms with van der Waals surface area (Å²) in [7, 11) is 0. The Morgan fingerprint density at radius 1 is 1.30 bits per heavy atom. The first kappa shape index (κ1) is 15.0. The Kier molecular flexibility index (Phi) is 4.81. The van der Waals surface area contributed by atoms with E-state index in [1.165, 1.54) is 5.56 Å². The number of rotatable bonds is 4. The number of carbonyl (C=O) groups is 1. The van der Waals surface area contributed by atoms with Gasteiger partial charge in [0.05, 0.1) is 0 Å². The standard InChI is InChI=1S/C17H25NO2/c1-12-10-13(2)16(14(3)11-12)17(20)18-8-4-6-15(18)7-5-9-19/h10-11,15,19H,4-9H2,1-3H3. The van der Waals surface area contributed by atoms with E-state index in [0.29, 0.717) is 6.04 Å². The van der Waals surface area contributed by atoms with Gasteiger partial charge in [-0.2, -0.15) is 0 Å². The molecule has 3 nitrogen and oxygen atoms in total. The molecule has 0 aliphatic carbocycles. The molecule has 0 radical (unpaired) electrons. The maximum atomic E-state index is 12.8. The molecule has 110 valence electrons. The summed E-state index contributed by atoms with van der Waals surface area (Å²) >= 11 is 0. The number of likely N-dealkylation sites (tertiary alicyclic amines) is 1. The number of hydrogen-bond donors (Lipinski definition) is 1. The number of aryl methyl sites for hydroxylation is 3. The second-order valence-corrected chi connectivity index (χ2v) is 5.93. The number of nitrogens with zero attached hydrogens (tertiary/aromatic N) is 1. The number of hydrogen-bond acceptors (Lipinski definition) is 2. The lowest BCUT2D eigenvalue weighted by molar-refractivity contribution is 0.0723. The van der Waals surface area contributed by atoms with Crippen molar-refractivity contribution in [2.75, 3.05) is 13.2 Å². The summed E-state index contributed by atoms with van der Waals surface area (Å²) < 4.78 is 0. The van der Waals surface area contributed by atoms with Crippen molar-refractivity contribution < 1.29 is 9.90 Å². The molecular formula is C17H25NO2. The number of amides is 1. The van der Waals surface area contributed by atoms with E-state index in [2.05, 4.69) is 19.1 Å². The van der Waals surface area contributed by atoms with Gasteiger partial charge < -0.3 is 10.0 Å². The fourth-order valence-corrected chi connectivity index (χ4v) is 3.39. The number of benzene rings is 1. The first-order valence-corrected chi connectivity index (χ1v) is 7.54. The van der Waals surface area contributed by atoms with Crippen LogP contribution in [0.4, 0.5) is 0 Å². The van der Waals surface area contributed by atoms with Crippen molar-refractivity contribution in [2.45, 2.75) is 52.5 Å². The van der Waals surface area contributed by atoms with Crippen molar-refractivity contribution in [3.63, 3.8) is 0 Å². The third-order valence-electron chi connectivity index (χ3n) is 4.22. The van der Waals surface area contributed by atoms with E-state index in [4.69, 9.17) is 5.11 Å². The number of carbonyl (C=O) groups excluding carboxylic acids is 1. The summed E-state index contributed by atoms with van der Waals surface area (Å²) in [5.74, 6) is 0.167. The van der Waals surface area contributed by atoms with Crippen LogP contribution >= 0.6 is 0 Å². The lowest BCUT2D eigenvalue weighted by atomic mass is 9.98. The average molecular weight is 275 g/mol. The van der Waals surface area contributed by atoms with E-state index < -0.39 is 0 Å². The fraction of sp³-hybridized carbons (Fsp3) is 0.588. The molecule has 1 amide bonds. The molecule has 0 spiro atoms. The zero-order valence-electron chi connectivity index (χ0n) is 12.8. The molecule has 1 fully saturated rings. The third-order valence-corrected chi connectivity index (χ3v) is 4.22. The van der Waals surface area contributed by atoms with Gasteiger partial charge in [-0.1, -0.05) is 17.7 Å². The topological polar surface area (TPSA) is 40.5 Å². The second kappa shape index (κ2) is 6.40. The molecule has 1 aromatic carbocycles. The van der Waals surface area contributed by atoms with Crippen molar-refractivity contribution in [1.82, 2.24) is 4.90 Å². The normalized spacial score (nSPS) is 18.6. The number of aliphatic hydroxyl groups excluding tert-OH is 1. The Morgan fingerprint density at radius 3 is 2.55 bits per heavy atom. The van der Waals surface area contributed by atoms with Gasteiger partial charge in [0.2, 0.25) is 0 Å². The molecule has 1 aliphatic heterocycles. The van der Waals surface area contributed by atoms with Crippen molar-refractivity contribution in [3.05, 3.63) is 34.4 Å². The summed E-state index contributed by atoms with van der Waals surface area (Å²) in [6.45, 7) is 7.16. The molecule has 2 rings (SSSR count). The highest BCUT2D eigenvalue weighted by Crippen LogP contribution is 2.26. The number of aliphatic hydroxyl groups is 1. The van der Waals surface area contributed by atoms with Crippen LogP contribution in [0.5, 0.6) is 0 Å². The summed E-state index contributed by atoms with van der Waals surface area (Å²) in [5.41, 5.74) is 4.21. The van der Waals surface area contributed by atoms with Gasteiger partial charge in [-0.25, -0.2) is 0 Å². The zero-order chi connectivity index (χ0) is 14.7. The second-order valence-electron chi connectivity index (χ2n) is 5.93. The minimum absolute atomic E-state index is 0.167. The van der Waals surface area contributed by atoms with E-state index in [1.807, 2.05) is 18.7 Å². The highest BCUT2D eigenvalue weighted by Gasteiger charge is 2.30. The Labute approximate surface area is 121 Å². The van der Waals surface area contributed by atoms with Gasteiger partial charge in [0.15, 0.2) is 0 Å². The highest BCUT2D eigenvalue weighted by atomic mass is 16.3. The Balaban J connectivity index is 2.22. The third kappa shape index (κ3) is 3.04. The van der Waals surface area contributed by atoms with E-state index in [-0.39, 0.29) is 12.5 Å². The molecule has 20 heavy (non-hydrogen) atoms. The summed E-state index contributed by atoms with van der Waals surface area (Å²) in [4.78, 5) is 14.9. The Bertz CT molecular complexity index is 473. The van der Waals surface area contributed by atoms with Crippen LogP contribution in [0.25, 0.3) is 0 Å². The van der Waals surface area contributed by atoms with Crippen LogP contribution in [0.3, 0.4) is 0 Å². The first-order valence-electron chi connectivity index (χ1n) is 7.54. The van der Waals surface area contributed by atoms with E-state index in [1.54, 1.807) is 0 Å². The van der Waals surface area contributed by atoms with E-state index in [9.17, 15) is 4.79 Å². The molecule has 0 saturated carbocycles. The van der Waals surface area contributed by atoms with Crippen LogP contribution in [-0.4, -0.2) is 35.1 Å². The molecule has 0 aromatic heterocycles. The average Bonchev–Trinajstić information content (AvgIpc) is 2.83. The zero-order valence-corrected chi connectivity index (χ0v) is 12.8. The van der Waals surface area contributed by atoms with Crippen molar-refractivity contribution >= 4 is 5.91 Å². The van der Waals surface area contributed by atoms with Crippen LogP contribution in [0.15, 0.2) is 12.1 Å². The van der Waals surface area contributed by atoms with E-state index >= 15 is 0 Å². The van der Waals surface area contributed by atoms with Gasteiger partial charge in [-0.15, -0.1) is 0 Å². The molecule has 3 heteroatoms. The summed E-state index contributed by atoms with van der Waals surface area (Å²) in [6, 6.07) is 4.47. The predicted molar refractivity (Wildman–Crippen MR) is 81.0 cm³/mol. The smallest absolute Gasteiger partial charge is 0.254 e. The maximum Gasteiger partial charge on any atom is 0.254 e. The Morgan fingerprint density at radius 2 is 1.95 bits per heavy atom. The lowest BCUT2D eigenvalue weighted by Crippen LogP contribution is -2.36. The largest absolute Gasteiger partial charge is 0.396 e. The highest BCUT2D eigenvalue weighted by molar-refractivity contribution is 5.97. The minimum Gasteiger partial charge on any atom is -0.396 e. The van der Waals surface area contributed by atoms with Gasteiger partial charge in [0, 0.05) is 24.8 Å². The van der Waals surface area contributed by atoms with Crippen LogP contribution in [-0.2, 0) is 0 Å². The molecular weight excluding hydrogens is 250 g/mol. The molecule has 1 atom stereocenters. The van der Waals surface area contributed by atoms with Gasteiger partial charge >= 0.3 is 0 Å². The van der Waals surface area contributed by atoms with Crippen molar-refractivity contribution in [3.8, 4) is 0 Å². The quantitative estimate of drug-likeness (QED) is 0.917. The van der Waals surface area contributed by atoms with E-state index in [0.717, 1.165) is 48.9 Å². The van der Waals surface area contributed by atoms with Crippen LogP contribution in [0.2, 0.25) is 0 Å². The molecule has 0 bridgehead atoms. The molecule has 1 saturated heterocycles. The molecule has 1 aliphatic rings. The van der Waals surface area contributed by atoms with Crippen molar-refractivity contribution in [1.29, 1.82) is 0 Å².